The van der Waals surface area contributed by atoms with Crippen LogP contribution >= 0.6 is 0 Å². The minimum Gasteiger partial charge on any atom is -0.375 e. The minimum atomic E-state index is -0.616. The van der Waals surface area contributed by atoms with E-state index in [4.69, 9.17) is 10.5 Å². The minimum absolute atomic E-state index is 0.387. The summed E-state index contributed by atoms with van der Waals surface area (Å²) in [5, 5.41) is 3.33. The Bertz CT molecular complexity index is 379. The number of hydrogen-bond acceptors (Lipinski definition) is 4. The fourth-order valence-electron chi connectivity index (χ4n) is 2.44. The van der Waals surface area contributed by atoms with Crippen molar-refractivity contribution in [2.75, 3.05) is 44.9 Å². The highest BCUT2D eigenvalue weighted by Crippen LogP contribution is 2.23. The van der Waals surface area contributed by atoms with Crippen LogP contribution in [-0.4, -0.2) is 46.0 Å². The maximum Gasteiger partial charge on any atom is 0.107 e. The Hall–Kier alpha value is -1.17. The van der Waals surface area contributed by atoms with E-state index >= 15 is 0 Å². The van der Waals surface area contributed by atoms with Crippen molar-refractivity contribution >= 4 is 5.69 Å². The van der Waals surface area contributed by atoms with Gasteiger partial charge < -0.3 is 20.7 Å². The monoisotopic (exact) mass is 267 g/mol. The van der Waals surface area contributed by atoms with Crippen molar-refractivity contribution in [1.82, 2.24) is 5.32 Å². The fourth-order valence-corrected chi connectivity index (χ4v) is 2.44. The molecule has 3 N–H and O–H groups in total. The number of methoxy groups -OCH3 is 1. The normalized spacial score (nSPS) is 19.2. The summed E-state index contributed by atoms with van der Waals surface area (Å²) in [7, 11) is 1.56. The van der Waals surface area contributed by atoms with Crippen molar-refractivity contribution in [2.45, 2.75) is 12.1 Å². The summed E-state index contributed by atoms with van der Waals surface area (Å²) in [6.45, 7) is 3.45. The van der Waals surface area contributed by atoms with Crippen molar-refractivity contribution < 1.29 is 9.13 Å². The molecule has 2 rings (SSSR count). The van der Waals surface area contributed by atoms with Crippen molar-refractivity contribution in [3.63, 3.8) is 0 Å². The van der Waals surface area contributed by atoms with Crippen LogP contribution in [0, 0.1) is 0 Å². The largest absolute Gasteiger partial charge is 0.375 e. The van der Waals surface area contributed by atoms with Crippen LogP contribution in [0.25, 0.3) is 0 Å². The number of ether oxygens (including phenoxy) is 1. The first kappa shape index (κ1) is 14.2. The van der Waals surface area contributed by atoms with Crippen molar-refractivity contribution in [3.05, 3.63) is 29.8 Å². The SMILES string of the molecule is COC(c1ccc(N2CCNCC2)cc1)C(N)CF. The Morgan fingerprint density at radius 1 is 1.32 bits per heavy atom. The summed E-state index contributed by atoms with van der Waals surface area (Å²) >= 11 is 0. The first-order valence-electron chi connectivity index (χ1n) is 6.66. The fraction of sp³-hybridized carbons (Fsp3) is 0.571. The molecular formula is C14H22FN3O. The molecule has 2 unspecified atom stereocenters. The molecule has 0 aromatic heterocycles. The maximum atomic E-state index is 12.7. The molecule has 0 radical (unpaired) electrons. The topological polar surface area (TPSA) is 50.5 Å². The lowest BCUT2D eigenvalue weighted by atomic mass is 10.0. The van der Waals surface area contributed by atoms with Crippen LogP contribution in [0.3, 0.4) is 0 Å². The third-order valence-electron chi connectivity index (χ3n) is 3.52. The highest BCUT2D eigenvalue weighted by molar-refractivity contribution is 5.48. The van der Waals surface area contributed by atoms with Gasteiger partial charge in [-0.2, -0.15) is 0 Å². The molecule has 2 atom stereocenters. The predicted octanol–water partition coefficient (Wildman–Crippen LogP) is 1.08. The van der Waals surface area contributed by atoms with Gasteiger partial charge in [-0.1, -0.05) is 12.1 Å². The molecule has 19 heavy (non-hydrogen) atoms. The van der Waals surface area contributed by atoms with Gasteiger partial charge in [0.1, 0.15) is 6.67 Å². The first-order chi connectivity index (χ1) is 9.26. The number of benzene rings is 1. The first-order valence-corrected chi connectivity index (χ1v) is 6.66. The lowest BCUT2D eigenvalue weighted by molar-refractivity contribution is 0.0721. The van der Waals surface area contributed by atoms with Gasteiger partial charge >= 0.3 is 0 Å². The second-order valence-electron chi connectivity index (χ2n) is 4.80. The van der Waals surface area contributed by atoms with E-state index in [9.17, 15) is 4.39 Å². The third kappa shape index (κ3) is 3.43. The number of anilines is 1. The molecule has 106 valence electrons. The van der Waals surface area contributed by atoms with Gasteiger partial charge in [0, 0.05) is 39.0 Å². The van der Waals surface area contributed by atoms with Gasteiger partial charge in [0.05, 0.1) is 12.1 Å². The Morgan fingerprint density at radius 3 is 2.47 bits per heavy atom. The van der Waals surface area contributed by atoms with Gasteiger partial charge in [-0.25, -0.2) is 4.39 Å². The summed E-state index contributed by atoms with van der Waals surface area (Å²) in [4.78, 5) is 2.33. The molecule has 0 bridgehead atoms. The summed E-state index contributed by atoms with van der Waals surface area (Å²) in [5.74, 6) is 0. The zero-order valence-corrected chi connectivity index (χ0v) is 11.3. The number of hydrogen-bond donors (Lipinski definition) is 2. The number of alkyl halides is 1. The smallest absolute Gasteiger partial charge is 0.107 e. The molecule has 1 aromatic rings. The molecule has 1 heterocycles. The molecule has 1 saturated heterocycles. The van der Waals surface area contributed by atoms with Crippen LogP contribution in [0.5, 0.6) is 0 Å². The lowest BCUT2D eigenvalue weighted by Gasteiger charge is -2.30. The van der Waals surface area contributed by atoms with Gasteiger partial charge in [-0.15, -0.1) is 0 Å². The Labute approximate surface area is 113 Å². The summed E-state index contributed by atoms with van der Waals surface area (Å²) in [5.41, 5.74) is 7.83. The van der Waals surface area contributed by atoms with E-state index in [0.717, 1.165) is 31.7 Å². The Kier molecular flexibility index (Phi) is 5.13. The van der Waals surface area contributed by atoms with Crippen LogP contribution in [0.1, 0.15) is 11.7 Å². The number of nitrogens with one attached hydrogen (secondary N) is 1. The van der Waals surface area contributed by atoms with Crippen LogP contribution < -0.4 is 16.0 Å². The molecule has 0 spiro atoms. The lowest BCUT2D eigenvalue weighted by Crippen LogP contribution is -2.43. The van der Waals surface area contributed by atoms with E-state index < -0.39 is 12.7 Å². The molecular weight excluding hydrogens is 245 g/mol. The highest BCUT2D eigenvalue weighted by atomic mass is 19.1. The van der Waals surface area contributed by atoms with Gasteiger partial charge in [-0.3, -0.25) is 0 Å². The van der Waals surface area contributed by atoms with Crippen LogP contribution in [0.2, 0.25) is 0 Å². The van der Waals surface area contributed by atoms with Crippen molar-refractivity contribution in [1.29, 1.82) is 0 Å². The van der Waals surface area contributed by atoms with Crippen LogP contribution in [-0.2, 0) is 4.74 Å². The van der Waals surface area contributed by atoms with Gasteiger partial charge in [0.15, 0.2) is 0 Å². The number of nitrogens with zero attached hydrogens (tertiary/aromatic N) is 1. The number of halogens is 1. The van der Waals surface area contributed by atoms with E-state index in [-0.39, 0.29) is 6.10 Å². The summed E-state index contributed by atoms with van der Waals surface area (Å²) < 4.78 is 17.9. The average molecular weight is 267 g/mol. The van der Waals surface area contributed by atoms with E-state index in [1.807, 2.05) is 12.1 Å². The molecule has 4 nitrogen and oxygen atoms in total. The second kappa shape index (κ2) is 6.84. The van der Waals surface area contributed by atoms with Crippen LogP contribution in [0.15, 0.2) is 24.3 Å². The quantitative estimate of drug-likeness (QED) is 0.838. The maximum absolute atomic E-state index is 12.7. The zero-order chi connectivity index (χ0) is 13.7. The number of piperazine rings is 1. The third-order valence-corrected chi connectivity index (χ3v) is 3.52. The van der Waals surface area contributed by atoms with E-state index in [1.165, 1.54) is 5.69 Å². The van der Waals surface area contributed by atoms with Gasteiger partial charge in [0.2, 0.25) is 0 Å². The van der Waals surface area contributed by atoms with Gasteiger partial charge in [0.25, 0.3) is 0 Å². The molecule has 1 aromatic carbocycles. The van der Waals surface area contributed by atoms with Crippen LogP contribution in [0.4, 0.5) is 10.1 Å². The van der Waals surface area contributed by atoms with Gasteiger partial charge in [-0.05, 0) is 17.7 Å². The van der Waals surface area contributed by atoms with Crippen molar-refractivity contribution in [3.8, 4) is 0 Å². The van der Waals surface area contributed by atoms with E-state index in [1.54, 1.807) is 7.11 Å². The molecule has 0 aliphatic carbocycles. The molecule has 1 aliphatic rings. The van der Waals surface area contributed by atoms with E-state index in [2.05, 4.69) is 22.3 Å². The second-order valence-corrected chi connectivity index (χ2v) is 4.80. The molecule has 5 heteroatoms. The number of nitrogens with two attached hydrogens (primary N) is 1. The summed E-state index contributed by atoms with van der Waals surface area (Å²) in [6, 6.07) is 7.44. The van der Waals surface area contributed by atoms with E-state index in [0.29, 0.717) is 0 Å². The number of rotatable bonds is 5. The Morgan fingerprint density at radius 2 is 1.95 bits per heavy atom. The highest BCUT2D eigenvalue weighted by Gasteiger charge is 2.19. The zero-order valence-electron chi connectivity index (χ0n) is 11.3. The predicted molar refractivity (Wildman–Crippen MR) is 75.2 cm³/mol. The Balaban J connectivity index is 2.08. The molecule has 0 saturated carbocycles. The van der Waals surface area contributed by atoms with Crippen molar-refractivity contribution in [2.24, 2.45) is 5.73 Å². The summed E-state index contributed by atoms with van der Waals surface area (Å²) in [6.07, 6.45) is -0.387. The standard InChI is InChI=1S/C14H22FN3O/c1-19-14(13(16)10-15)11-2-4-12(5-3-11)18-8-6-17-7-9-18/h2-5,13-14,17H,6-10,16H2,1H3. The molecule has 0 amide bonds. The molecule has 1 aliphatic heterocycles. The average Bonchev–Trinajstić information content (AvgIpc) is 2.49. The molecule has 1 fully saturated rings.